The van der Waals surface area contributed by atoms with Crippen molar-refractivity contribution in [1.82, 2.24) is 14.8 Å². The summed E-state index contributed by atoms with van der Waals surface area (Å²) < 4.78 is 35.9. The third-order valence-electron chi connectivity index (χ3n) is 5.61. The van der Waals surface area contributed by atoms with Crippen molar-refractivity contribution in [3.8, 4) is 17.2 Å². The fraction of sp³-hybridized carbons (Fsp3) is 0.214. The van der Waals surface area contributed by atoms with Crippen LogP contribution >= 0.6 is 0 Å². The summed E-state index contributed by atoms with van der Waals surface area (Å²) in [6.45, 7) is 5.99. The van der Waals surface area contributed by atoms with Crippen molar-refractivity contribution in [1.29, 1.82) is 0 Å². The average Bonchev–Trinajstić information content (AvgIpc) is 3.25. The Morgan fingerprint density at radius 1 is 0.973 bits per heavy atom. The highest BCUT2D eigenvalue weighted by atomic mass is 19.1. The van der Waals surface area contributed by atoms with Gasteiger partial charge in [0.2, 0.25) is 0 Å². The lowest BCUT2D eigenvalue weighted by Gasteiger charge is -2.14. The van der Waals surface area contributed by atoms with E-state index >= 15 is 0 Å². The molecule has 2 heterocycles. The maximum atomic E-state index is 14.8. The number of amides is 1. The molecule has 0 saturated carbocycles. The second-order valence-electron chi connectivity index (χ2n) is 9.65. The van der Waals surface area contributed by atoms with E-state index in [1.165, 1.54) is 48.7 Å². The number of Topliss-reactive ketones (excluding diaryl/α,β-unsaturated/α-hetero) is 1. The monoisotopic (exact) mass is 504 g/mol. The zero-order chi connectivity index (χ0) is 26.7. The fourth-order valence-electron chi connectivity index (χ4n) is 3.70. The van der Waals surface area contributed by atoms with Crippen LogP contribution in [0.15, 0.2) is 66.9 Å². The van der Waals surface area contributed by atoms with Crippen LogP contribution in [0.5, 0.6) is 11.5 Å². The van der Waals surface area contributed by atoms with Crippen LogP contribution in [0.1, 0.15) is 48.2 Å². The Morgan fingerprint density at radius 3 is 2.41 bits per heavy atom. The number of benzene rings is 2. The van der Waals surface area contributed by atoms with Gasteiger partial charge in [-0.25, -0.2) is 13.5 Å². The van der Waals surface area contributed by atoms with E-state index in [1.807, 2.05) is 26.8 Å². The minimum absolute atomic E-state index is 0.00973. The van der Waals surface area contributed by atoms with Crippen molar-refractivity contribution >= 4 is 11.7 Å². The van der Waals surface area contributed by atoms with Crippen molar-refractivity contribution in [3.63, 3.8) is 0 Å². The first kappa shape index (κ1) is 25.7. The van der Waals surface area contributed by atoms with E-state index in [0.717, 1.165) is 5.69 Å². The van der Waals surface area contributed by atoms with E-state index < -0.39 is 17.5 Å². The number of nitrogens with two attached hydrogens (primary N) is 1. The summed E-state index contributed by atoms with van der Waals surface area (Å²) in [6, 6.07) is 14.8. The molecule has 0 unspecified atom stereocenters. The molecule has 0 aliphatic rings. The number of primary amides is 1. The molecule has 2 N–H and O–H groups in total. The molecule has 37 heavy (non-hydrogen) atoms. The molecule has 0 spiro atoms. The summed E-state index contributed by atoms with van der Waals surface area (Å²) in [4.78, 5) is 28.1. The zero-order valence-electron chi connectivity index (χ0n) is 20.7. The Labute approximate surface area is 212 Å². The fourth-order valence-corrected chi connectivity index (χ4v) is 3.70. The first-order valence-corrected chi connectivity index (χ1v) is 11.6. The molecule has 9 heteroatoms. The minimum atomic E-state index is -0.709. The number of rotatable bonds is 8. The van der Waals surface area contributed by atoms with Crippen LogP contribution < -0.4 is 10.5 Å². The highest BCUT2D eigenvalue weighted by molar-refractivity contribution is 5.91. The smallest absolute Gasteiger partial charge is 0.267 e. The van der Waals surface area contributed by atoms with E-state index in [1.54, 1.807) is 16.8 Å². The molecule has 190 valence electrons. The van der Waals surface area contributed by atoms with Crippen molar-refractivity contribution in [2.75, 3.05) is 0 Å². The number of ether oxygens (including phenoxy) is 1. The van der Waals surface area contributed by atoms with Crippen LogP contribution in [0.2, 0.25) is 0 Å². The van der Waals surface area contributed by atoms with Gasteiger partial charge in [0.1, 0.15) is 34.6 Å². The standard InChI is InChI=1S/C28H26F2N4O3/c1-28(2,3)26-14-20(34(33-26)19-6-4-5-18(29)12-19)13-21(35)11-17-7-8-22(15-24(17)30)37-23-9-10-32-25(16-23)27(31)36/h4-10,12,14-16H,11,13H2,1-3H3,(H2,31,36). The highest BCUT2D eigenvalue weighted by Crippen LogP contribution is 2.26. The summed E-state index contributed by atoms with van der Waals surface area (Å²) >= 11 is 0. The van der Waals surface area contributed by atoms with Gasteiger partial charge >= 0.3 is 0 Å². The number of halogens is 2. The second kappa shape index (κ2) is 10.3. The molecule has 0 radical (unpaired) electrons. The quantitative estimate of drug-likeness (QED) is 0.360. The van der Waals surface area contributed by atoms with Gasteiger partial charge in [-0.3, -0.25) is 14.6 Å². The number of pyridine rings is 1. The third kappa shape index (κ3) is 6.24. The molecule has 0 aliphatic heterocycles. The van der Waals surface area contributed by atoms with Crippen LogP contribution in [0, 0.1) is 11.6 Å². The van der Waals surface area contributed by atoms with Crippen LogP contribution in [0.3, 0.4) is 0 Å². The molecular weight excluding hydrogens is 478 g/mol. The normalized spacial score (nSPS) is 11.4. The number of hydrogen-bond donors (Lipinski definition) is 1. The first-order chi connectivity index (χ1) is 17.5. The topological polar surface area (TPSA) is 100 Å². The SMILES string of the molecule is CC(C)(C)c1cc(CC(=O)Cc2ccc(Oc3ccnc(C(N)=O)c3)cc2F)n(-c2cccc(F)c2)n1. The lowest BCUT2D eigenvalue weighted by Crippen LogP contribution is -2.13. The van der Waals surface area contributed by atoms with E-state index in [4.69, 9.17) is 10.5 Å². The predicted molar refractivity (Wildman–Crippen MR) is 134 cm³/mol. The van der Waals surface area contributed by atoms with Gasteiger partial charge in [0.05, 0.1) is 17.1 Å². The van der Waals surface area contributed by atoms with Gasteiger partial charge in [0.15, 0.2) is 0 Å². The van der Waals surface area contributed by atoms with Gasteiger partial charge in [-0.15, -0.1) is 0 Å². The predicted octanol–water partition coefficient (Wildman–Crippen LogP) is 5.09. The molecule has 7 nitrogen and oxygen atoms in total. The molecule has 0 bridgehead atoms. The lowest BCUT2D eigenvalue weighted by atomic mass is 9.92. The van der Waals surface area contributed by atoms with Gasteiger partial charge in [0.25, 0.3) is 5.91 Å². The highest BCUT2D eigenvalue weighted by Gasteiger charge is 2.22. The van der Waals surface area contributed by atoms with Crippen LogP contribution in [-0.4, -0.2) is 26.5 Å². The van der Waals surface area contributed by atoms with Crippen molar-refractivity contribution in [2.45, 2.75) is 39.0 Å². The van der Waals surface area contributed by atoms with E-state index in [2.05, 4.69) is 10.1 Å². The summed E-state index contributed by atoms with van der Waals surface area (Å²) in [7, 11) is 0. The zero-order valence-corrected chi connectivity index (χ0v) is 20.7. The van der Waals surface area contributed by atoms with Crippen molar-refractivity contribution < 1.29 is 23.1 Å². The van der Waals surface area contributed by atoms with E-state index in [9.17, 15) is 18.4 Å². The number of aromatic nitrogens is 3. The summed E-state index contributed by atoms with van der Waals surface area (Å²) in [5.74, 6) is -1.50. The Hall–Kier alpha value is -4.40. The Morgan fingerprint density at radius 2 is 1.73 bits per heavy atom. The largest absolute Gasteiger partial charge is 0.457 e. The molecule has 2 aromatic carbocycles. The molecule has 4 rings (SSSR count). The first-order valence-electron chi connectivity index (χ1n) is 11.6. The van der Waals surface area contributed by atoms with Crippen LogP contribution in [-0.2, 0) is 23.1 Å². The summed E-state index contributed by atoms with van der Waals surface area (Å²) in [5.41, 5.74) is 7.00. The van der Waals surface area contributed by atoms with Gasteiger partial charge < -0.3 is 10.5 Å². The summed E-state index contributed by atoms with van der Waals surface area (Å²) in [6.07, 6.45) is 1.20. The molecule has 0 saturated heterocycles. The Bertz CT molecular complexity index is 1470. The molecule has 1 amide bonds. The van der Waals surface area contributed by atoms with E-state index in [0.29, 0.717) is 11.4 Å². The number of ketones is 1. The van der Waals surface area contributed by atoms with Gasteiger partial charge in [-0.1, -0.05) is 32.9 Å². The molecule has 0 fully saturated rings. The van der Waals surface area contributed by atoms with Gasteiger partial charge in [-0.05, 0) is 42.0 Å². The third-order valence-corrected chi connectivity index (χ3v) is 5.61. The summed E-state index contributed by atoms with van der Waals surface area (Å²) in [5, 5.41) is 4.61. The molecule has 0 aliphatic carbocycles. The minimum Gasteiger partial charge on any atom is -0.457 e. The molecular formula is C28H26F2N4O3. The van der Waals surface area contributed by atoms with Crippen LogP contribution in [0.4, 0.5) is 8.78 Å². The number of hydrogen-bond acceptors (Lipinski definition) is 5. The second-order valence-corrected chi connectivity index (χ2v) is 9.65. The average molecular weight is 505 g/mol. The van der Waals surface area contributed by atoms with Crippen LogP contribution in [0.25, 0.3) is 5.69 Å². The Balaban J connectivity index is 1.51. The van der Waals surface area contributed by atoms with Gasteiger partial charge in [-0.2, -0.15) is 5.10 Å². The number of nitrogens with zero attached hydrogens (tertiary/aromatic N) is 3. The van der Waals surface area contributed by atoms with E-state index in [-0.39, 0.29) is 46.8 Å². The maximum Gasteiger partial charge on any atom is 0.267 e. The number of carbonyl (C=O) groups is 2. The number of carbonyl (C=O) groups excluding carboxylic acids is 2. The van der Waals surface area contributed by atoms with Crippen molar-refractivity contribution in [3.05, 3.63) is 101 Å². The molecule has 0 atom stereocenters. The maximum absolute atomic E-state index is 14.8. The van der Waals surface area contributed by atoms with Crippen molar-refractivity contribution in [2.24, 2.45) is 5.73 Å². The van der Waals surface area contributed by atoms with Gasteiger partial charge in [0, 0.05) is 36.6 Å². The molecule has 2 aromatic heterocycles. The molecule has 4 aromatic rings. The Kier molecular flexibility index (Phi) is 7.15. The lowest BCUT2D eigenvalue weighted by molar-refractivity contribution is -0.117.